The second-order valence-corrected chi connectivity index (χ2v) is 7.46. The Kier molecular flexibility index (Phi) is 3.67. The van der Waals surface area contributed by atoms with Crippen molar-refractivity contribution >= 4 is 44.2 Å². The van der Waals surface area contributed by atoms with Crippen LogP contribution in [0.3, 0.4) is 0 Å². The first-order chi connectivity index (χ1) is 8.22. The van der Waals surface area contributed by atoms with E-state index in [1.807, 2.05) is 0 Å². The molecule has 0 spiro atoms. The van der Waals surface area contributed by atoms with Crippen LogP contribution < -0.4 is 5.32 Å². The smallest absolute Gasteiger partial charge is 0.0352 e. The van der Waals surface area contributed by atoms with Crippen molar-refractivity contribution in [2.75, 3.05) is 11.9 Å². The molecule has 1 aromatic carbocycles. The van der Waals surface area contributed by atoms with Gasteiger partial charge in [-0.1, -0.05) is 6.42 Å². The zero-order valence-electron chi connectivity index (χ0n) is 9.76. The monoisotopic (exact) mass is 405 g/mol. The molecule has 0 heterocycles. The van der Waals surface area contributed by atoms with Crippen LogP contribution in [0, 0.1) is 21.3 Å². The molecule has 2 fully saturated rings. The van der Waals surface area contributed by atoms with Gasteiger partial charge in [0.15, 0.2) is 0 Å². The van der Waals surface area contributed by atoms with E-state index in [-0.39, 0.29) is 0 Å². The summed E-state index contributed by atoms with van der Waals surface area (Å²) >= 11 is 5.93. The molecule has 92 valence electrons. The molecular weight excluding hydrogens is 389 g/mol. The van der Waals surface area contributed by atoms with Crippen molar-refractivity contribution in [1.82, 2.24) is 0 Å². The zero-order valence-corrected chi connectivity index (χ0v) is 13.5. The van der Waals surface area contributed by atoms with Gasteiger partial charge in [0.05, 0.1) is 0 Å². The van der Waals surface area contributed by atoms with Crippen molar-refractivity contribution in [2.45, 2.75) is 25.7 Å². The summed E-state index contributed by atoms with van der Waals surface area (Å²) in [7, 11) is 0. The first kappa shape index (κ1) is 12.3. The number of fused-ring (bicyclic) bond motifs is 2. The molecule has 3 heteroatoms. The van der Waals surface area contributed by atoms with Crippen molar-refractivity contribution in [2.24, 2.45) is 17.8 Å². The predicted molar refractivity (Wildman–Crippen MR) is 84.3 cm³/mol. The standard InChI is InChI=1S/C14H17BrIN/c15-13-7-12(3-4-14(13)16)17-8-11-6-9-1-2-10(11)5-9/h3-4,7,9-11,17H,1-2,5-6,8H2. The maximum atomic E-state index is 3.61. The molecule has 0 saturated heterocycles. The number of nitrogens with one attached hydrogen (secondary N) is 1. The first-order valence-corrected chi connectivity index (χ1v) is 8.28. The Morgan fingerprint density at radius 3 is 2.82 bits per heavy atom. The topological polar surface area (TPSA) is 12.0 Å². The van der Waals surface area contributed by atoms with Crippen LogP contribution in [0.1, 0.15) is 25.7 Å². The van der Waals surface area contributed by atoms with E-state index in [2.05, 4.69) is 62.0 Å². The minimum atomic E-state index is 0.923. The molecule has 0 amide bonds. The molecule has 2 aliphatic carbocycles. The molecule has 1 N–H and O–H groups in total. The van der Waals surface area contributed by atoms with E-state index in [9.17, 15) is 0 Å². The molecule has 3 atom stereocenters. The Labute approximate surface area is 125 Å². The molecular formula is C14H17BrIN. The number of rotatable bonds is 3. The van der Waals surface area contributed by atoms with Crippen LogP contribution in [0.4, 0.5) is 5.69 Å². The van der Waals surface area contributed by atoms with Gasteiger partial charge in [0.1, 0.15) is 0 Å². The van der Waals surface area contributed by atoms with E-state index in [1.165, 1.54) is 39.4 Å². The summed E-state index contributed by atoms with van der Waals surface area (Å²) in [5.74, 6) is 2.99. The van der Waals surface area contributed by atoms with Crippen LogP contribution in [0.2, 0.25) is 0 Å². The summed E-state index contributed by atoms with van der Waals surface area (Å²) < 4.78 is 2.46. The quantitative estimate of drug-likeness (QED) is 0.705. The highest BCUT2D eigenvalue weighted by Gasteiger charge is 2.38. The van der Waals surface area contributed by atoms with Gasteiger partial charge in [0.25, 0.3) is 0 Å². The van der Waals surface area contributed by atoms with Crippen molar-refractivity contribution in [3.63, 3.8) is 0 Å². The molecule has 3 unspecified atom stereocenters. The summed E-state index contributed by atoms with van der Waals surface area (Å²) in [6.45, 7) is 1.16. The molecule has 1 nitrogen and oxygen atoms in total. The Bertz CT molecular complexity index is 421. The van der Waals surface area contributed by atoms with E-state index >= 15 is 0 Å². The van der Waals surface area contributed by atoms with Crippen molar-refractivity contribution in [1.29, 1.82) is 0 Å². The molecule has 0 aliphatic heterocycles. The van der Waals surface area contributed by atoms with Crippen LogP contribution in [0.25, 0.3) is 0 Å². The van der Waals surface area contributed by atoms with Gasteiger partial charge < -0.3 is 5.32 Å². The Morgan fingerprint density at radius 1 is 1.29 bits per heavy atom. The fourth-order valence-electron chi connectivity index (χ4n) is 3.48. The van der Waals surface area contributed by atoms with E-state index in [4.69, 9.17) is 0 Å². The largest absolute Gasteiger partial charge is 0.385 e. The van der Waals surface area contributed by atoms with Gasteiger partial charge in [-0.05, 0) is 93.7 Å². The van der Waals surface area contributed by atoms with Gasteiger partial charge in [-0.2, -0.15) is 0 Å². The fourth-order valence-corrected chi connectivity index (χ4v) is 4.20. The average Bonchev–Trinajstić information content (AvgIpc) is 2.92. The van der Waals surface area contributed by atoms with Crippen molar-refractivity contribution < 1.29 is 0 Å². The molecule has 0 aromatic heterocycles. The van der Waals surface area contributed by atoms with Crippen LogP contribution >= 0.6 is 38.5 Å². The SMILES string of the molecule is Brc1cc(NCC2CC3CCC2C3)ccc1I. The van der Waals surface area contributed by atoms with Gasteiger partial charge in [-0.3, -0.25) is 0 Å². The zero-order chi connectivity index (χ0) is 11.8. The molecule has 0 radical (unpaired) electrons. The van der Waals surface area contributed by atoms with E-state index < -0.39 is 0 Å². The molecule has 2 bridgehead atoms. The second kappa shape index (κ2) is 5.08. The Morgan fingerprint density at radius 2 is 2.18 bits per heavy atom. The van der Waals surface area contributed by atoms with Crippen LogP contribution in [0.15, 0.2) is 22.7 Å². The van der Waals surface area contributed by atoms with Crippen molar-refractivity contribution in [3.8, 4) is 0 Å². The molecule has 3 rings (SSSR count). The number of halogens is 2. The van der Waals surface area contributed by atoms with Crippen LogP contribution in [-0.4, -0.2) is 6.54 Å². The lowest BCUT2D eigenvalue weighted by molar-refractivity contribution is 0.348. The lowest BCUT2D eigenvalue weighted by Gasteiger charge is -2.22. The second-order valence-electron chi connectivity index (χ2n) is 5.44. The summed E-state index contributed by atoms with van der Waals surface area (Å²) in [6, 6.07) is 6.53. The summed E-state index contributed by atoms with van der Waals surface area (Å²) in [6.07, 6.45) is 5.94. The van der Waals surface area contributed by atoms with E-state index in [0.29, 0.717) is 0 Å². The predicted octanol–water partition coefficient (Wildman–Crippen LogP) is 4.90. The highest BCUT2D eigenvalue weighted by atomic mass is 127. The Hall–Kier alpha value is 0.230. The average molecular weight is 406 g/mol. The van der Waals surface area contributed by atoms with E-state index in [0.717, 1.165) is 24.3 Å². The lowest BCUT2D eigenvalue weighted by atomic mass is 9.89. The van der Waals surface area contributed by atoms with Gasteiger partial charge >= 0.3 is 0 Å². The van der Waals surface area contributed by atoms with Crippen LogP contribution in [-0.2, 0) is 0 Å². The summed E-state index contributed by atoms with van der Waals surface area (Å²) in [4.78, 5) is 0. The fraction of sp³-hybridized carbons (Fsp3) is 0.571. The van der Waals surface area contributed by atoms with Gasteiger partial charge in [-0.25, -0.2) is 0 Å². The normalized spacial score (nSPS) is 30.8. The minimum Gasteiger partial charge on any atom is -0.385 e. The van der Waals surface area contributed by atoms with Crippen molar-refractivity contribution in [3.05, 3.63) is 26.2 Å². The van der Waals surface area contributed by atoms with E-state index in [1.54, 1.807) is 0 Å². The highest BCUT2D eigenvalue weighted by Crippen LogP contribution is 2.48. The minimum absolute atomic E-state index is 0.923. The lowest BCUT2D eigenvalue weighted by Crippen LogP contribution is -2.20. The maximum absolute atomic E-state index is 3.61. The number of hydrogen-bond acceptors (Lipinski definition) is 1. The molecule has 2 aliphatic rings. The maximum Gasteiger partial charge on any atom is 0.0352 e. The third kappa shape index (κ3) is 2.65. The van der Waals surface area contributed by atoms with Gasteiger partial charge in [0, 0.05) is 20.3 Å². The third-order valence-corrected chi connectivity index (χ3v) is 6.71. The van der Waals surface area contributed by atoms with Gasteiger partial charge in [-0.15, -0.1) is 0 Å². The molecule has 1 aromatic rings. The van der Waals surface area contributed by atoms with Gasteiger partial charge in [0.2, 0.25) is 0 Å². The summed E-state index contributed by atoms with van der Waals surface area (Å²) in [5.41, 5.74) is 1.25. The Balaban J connectivity index is 1.59. The van der Waals surface area contributed by atoms with Crippen LogP contribution in [0.5, 0.6) is 0 Å². The number of hydrogen-bond donors (Lipinski definition) is 1. The highest BCUT2D eigenvalue weighted by molar-refractivity contribution is 14.1. The molecule has 2 saturated carbocycles. The first-order valence-electron chi connectivity index (χ1n) is 6.41. The third-order valence-electron chi connectivity index (χ3n) is 4.37. The summed E-state index contributed by atoms with van der Waals surface area (Å²) in [5, 5.41) is 3.61. The number of benzene rings is 1. The number of anilines is 1. The molecule has 17 heavy (non-hydrogen) atoms.